The van der Waals surface area contributed by atoms with Crippen molar-refractivity contribution >= 4 is 12.1 Å². The lowest BCUT2D eigenvalue weighted by atomic mass is 10.3. The van der Waals surface area contributed by atoms with Crippen molar-refractivity contribution in [1.82, 2.24) is 0 Å². The number of benzene rings is 1. The van der Waals surface area contributed by atoms with Crippen LogP contribution in [0.1, 0.15) is 41.0 Å². The standard InChI is InChI=1S/C11H15NO3.2C2H6/c1-3-6-15-10-5-4-9(12-8-13)7-11(10)14-2;2*1-2/h4-5,7-8H,3,6H2,1-2H3,(H,12,13);2*1-2H3. The van der Waals surface area contributed by atoms with Gasteiger partial charge in [0.1, 0.15) is 0 Å². The maximum Gasteiger partial charge on any atom is 0.211 e. The van der Waals surface area contributed by atoms with Crippen LogP contribution in [0.25, 0.3) is 0 Å². The molecule has 0 atom stereocenters. The summed E-state index contributed by atoms with van der Waals surface area (Å²) in [7, 11) is 1.57. The predicted octanol–water partition coefficient (Wildman–Crippen LogP) is 4.10. The topological polar surface area (TPSA) is 47.6 Å². The van der Waals surface area contributed by atoms with Crippen molar-refractivity contribution in [2.75, 3.05) is 19.0 Å². The summed E-state index contributed by atoms with van der Waals surface area (Å²) in [5, 5.41) is 2.55. The van der Waals surface area contributed by atoms with E-state index in [1.54, 1.807) is 25.3 Å². The highest BCUT2D eigenvalue weighted by Gasteiger charge is 2.04. The molecule has 0 aromatic heterocycles. The molecule has 4 heteroatoms. The highest BCUT2D eigenvalue weighted by Crippen LogP contribution is 2.29. The molecule has 1 N–H and O–H groups in total. The lowest BCUT2D eigenvalue weighted by molar-refractivity contribution is -0.105. The molecule has 0 saturated carbocycles. The van der Waals surface area contributed by atoms with Crippen LogP contribution in [0.3, 0.4) is 0 Å². The van der Waals surface area contributed by atoms with Gasteiger partial charge < -0.3 is 14.8 Å². The summed E-state index contributed by atoms with van der Waals surface area (Å²) in [4.78, 5) is 10.2. The van der Waals surface area contributed by atoms with E-state index in [4.69, 9.17) is 9.47 Å². The molecule has 19 heavy (non-hydrogen) atoms. The van der Waals surface area contributed by atoms with Crippen LogP contribution >= 0.6 is 0 Å². The van der Waals surface area contributed by atoms with Crippen LogP contribution in [0.5, 0.6) is 11.5 Å². The number of hydrogen-bond acceptors (Lipinski definition) is 3. The third-order valence-corrected chi connectivity index (χ3v) is 1.85. The second kappa shape index (κ2) is 14.4. The first kappa shape index (κ1) is 19.6. The first-order chi connectivity index (χ1) is 9.31. The Morgan fingerprint density at radius 1 is 1.16 bits per heavy atom. The molecule has 110 valence electrons. The van der Waals surface area contributed by atoms with Crippen molar-refractivity contribution in [2.24, 2.45) is 0 Å². The first-order valence-electron chi connectivity index (χ1n) is 6.82. The lowest BCUT2D eigenvalue weighted by Crippen LogP contribution is -1.99. The minimum Gasteiger partial charge on any atom is -0.493 e. The van der Waals surface area contributed by atoms with Gasteiger partial charge >= 0.3 is 0 Å². The molecule has 1 aromatic rings. The van der Waals surface area contributed by atoms with Gasteiger partial charge in [0.15, 0.2) is 11.5 Å². The zero-order valence-corrected chi connectivity index (χ0v) is 12.9. The van der Waals surface area contributed by atoms with Crippen LogP contribution in [0.2, 0.25) is 0 Å². The van der Waals surface area contributed by atoms with Gasteiger partial charge in [0.05, 0.1) is 13.7 Å². The molecule has 4 nitrogen and oxygen atoms in total. The van der Waals surface area contributed by atoms with E-state index in [9.17, 15) is 4.79 Å². The fourth-order valence-electron chi connectivity index (χ4n) is 1.16. The lowest BCUT2D eigenvalue weighted by Gasteiger charge is -2.10. The van der Waals surface area contributed by atoms with E-state index in [0.29, 0.717) is 30.2 Å². The number of ether oxygens (including phenoxy) is 2. The van der Waals surface area contributed by atoms with E-state index in [2.05, 4.69) is 5.32 Å². The first-order valence-corrected chi connectivity index (χ1v) is 6.82. The minimum atomic E-state index is 0.621. The Hall–Kier alpha value is -1.71. The molecule has 0 spiro atoms. The van der Waals surface area contributed by atoms with E-state index < -0.39 is 0 Å². The number of carbonyl (C=O) groups excluding carboxylic acids is 1. The molecule has 0 fully saturated rings. The van der Waals surface area contributed by atoms with E-state index >= 15 is 0 Å². The average molecular weight is 269 g/mol. The number of methoxy groups -OCH3 is 1. The fourth-order valence-corrected chi connectivity index (χ4v) is 1.16. The van der Waals surface area contributed by atoms with Gasteiger partial charge in [0.25, 0.3) is 0 Å². The van der Waals surface area contributed by atoms with Crippen molar-refractivity contribution in [3.8, 4) is 11.5 Å². The number of anilines is 1. The number of rotatable bonds is 6. The molecule has 0 aliphatic carbocycles. The highest BCUT2D eigenvalue weighted by molar-refractivity contribution is 5.72. The van der Waals surface area contributed by atoms with E-state index in [-0.39, 0.29) is 0 Å². The van der Waals surface area contributed by atoms with Crippen LogP contribution in [0, 0.1) is 0 Å². The molecule has 0 heterocycles. The third-order valence-electron chi connectivity index (χ3n) is 1.85. The minimum absolute atomic E-state index is 0.621. The SMILES string of the molecule is CC.CC.CCCOc1ccc(NC=O)cc1OC. The van der Waals surface area contributed by atoms with E-state index in [1.165, 1.54) is 0 Å². The fraction of sp³-hybridized carbons (Fsp3) is 0.533. The summed E-state index contributed by atoms with van der Waals surface area (Å²) in [6.07, 6.45) is 1.57. The summed E-state index contributed by atoms with van der Waals surface area (Å²) < 4.78 is 10.6. The van der Waals surface area contributed by atoms with Crippen LogP contribution in [0.15, 0.2) is 18.2 Å². The molecule has 0 unspecified atom stereocenters. The van der Waals surface area contributed by atoms with Crippen LogP contribution in [-0.4, -0.2) is 20.1 Å². The molecular formula is C15H27NO3. The Morgan fingerprint density at radius 3 is 2.26 bits per heavy atom. The largest absolute Gasteiger partial charge is 0.493 e. The Labute approximate surface area is 117 Å². The van der Waals surface area contributed by atoms with Gasteiger partial charge in [-0.25, -0.2) is 0 Å². The Bertz CT molecular complexity index is 327. The van der Waals surface area contributed by atoms with Crippen molar-refractivity contribution in [1.29, 1.82) is 0 Å². The van der Waals surface area contributed by atoms with Crippen molar-refractivity contribution < 1.29 is 14.3 Å². The molecule has 0 radical (unpaired) electrons. The second-order valence-corrected chi connectivity index (χ2v) is 2.98. The van der Waals surface area contributed by atoms with Gasteiger partial charge in [-0.3, -0.25) is 4.79 Å². The Balaban J connectivity index is 0. The smallest absolute Gasteiger partial charge is 0.211 e. The van der Waals surface area contributed by atoms with E-state index in [1.807, 2.05) is 34.6 Å². The monoisotopic (exact) mass is 269 g/mol. The third kappa shape index (κ3) is 8.08. The molecule has 1 rings (SSSR count). The Morgan fingerprint density at radius 2 is 1.79 bits per heavy atom. The highest BCUT2D eigenvalue weighted by atomic mass is 16.5. The summed E-state index contributed by atoms with van der Waals surface area (Å²) in [6, 6.07) is 5.27. The summed E-state index contributed by atoms with van der Waals surface area (Å²) in [6.45, 7) is 10.7. The second-order valence-electron chi connectivity index (χ2n) is 2.98. The molecule has 0 aliphatic rings. The van der Waals surface area contributed by atoms with Crippen molar-refractivity contribution in [3.63, 3.8) is 0 Å². The summed E-state index contributed by atoms with van der Waals surface area (Å²) >= 11 is 0. The summed E-state index contributed by atoms with van der Waals surface area (Å²) in [5.74, 6) is 1.31. The van der Waals surface area contributed by atoms with Gasteiger partial charge in [-0.05, 0) is 18.6 Å². The maximum atomic E-state index is 10.2. The van der Waals surface area contributed by atoms with Gasteiger partial charge in [-0.2, -0.15) is 0 Å². The Kier molecular flexibility index (Phi) is 14.8. The van der Waals surface area contributed by atoms with Gasteiger partial charge in [-0.15, -0.1) is 0 Å². The van der Waals surface area contributed by atoms with Crippen LogP contribution < -0.4 is 14.8 Å². The quantitative estimate of drug-likeness (QED) is 0.791. The molecule has 0 aliphatic heterocycles. The number of nitrogens with one attached hydrogen (secondary N) is 1. The average Bonchev–Trinajstić information content (AvgIpc) is 2.50. The van der Waals surface area contributed by atoms with Gasteiger partial charge in [0.2, 0.25) is 6.41 Å². The molecule has 1 amide bonds. The van der Waals surface area contributed by atoms with Crippen molar-refractivity contribution in [2.45, 2.75) is 41.0 Å². The normalized spacial score (nSPS) is 8.11. The maximum absolute atomic E-state index is 10.2. The predicted molar refractivity (Wildman–Crippen MR) is 81.2 cm³/mol. The number of hydrogen-bond donors (Lipinski definition) is 1. The van der Waals surface area contributed by atoms with Gasteiger partial charge in [0, 0.05) is 11.8 Å². The van der Waals surface area contributed by atoms with Crippen molar-refractivity contribution in [3.05, 3.63) is 18.2 Å². The van der Waals surface area contributed by atoms with Crippen LogP contribution in [-0.2, 0) is 4.79 Å². The molecule has 1 aromatic carbocycles. The molecule has 0 saturated heterocycles. The number of amides is 1. The zero-order chi connectivity index (χ0) is 15.1. The van der Waals surface area contributed by atoms with Gasteiger partial charge in [-0.1, -0.05) is 34.6 Å². The number of carbonyl (C=O) groups is 1. The zero-order valence-electron chi connectivity index (χ0n) is 12.9. The molecule has 0 bridgehead atoms. The molecular weight excluding hydrogens is 242 g/mol. The van der Waals surface area contributed by atoms with Crippen LogP contribution in [0.4, 0.5) is 5.69 Å². The van der Waals surface area contributed by atoms with E-state index in [0.717, 1.165) is 6.42 Å². The summed E-state index contributed by atoms with van der Waals surface area (Å²) in [5.41, 5.74) is 0.686.